The topological polar surface area (TPSA) is 420 Å². The molecule has 12 amide bonds. The van der Waals surface area contributed by atoms with E-state index in [1.54, 1.807) is 115 Å². The number of imide groups is 4. The first-order valence-corrected chi connectivity index (χ1v) is 42.5. The number of aliphatic imine (C=N–C) groups is 1. The van der Waals surface area contributed by atoms with E-state index in [1.165, 1.54) is 62.4 Å². The summed E-state index contributed by atoms with van der Waals surface area (Å²) in [6.07, 6.45) is 5.91. The van der Waals surface area contributed by atoms with E-state index in [4.69, 9.17) is 34.7 Å². The number of methoxy groups -OCH3 is 5. The van der Waals surface area contributed by atoms with Crippen molar-refractivity contribution in [1.29, 1.82) is 5.26 Å². The summed E-state index contributed by atoms with van der Waals surface area (Å²) in [6.45, 7) is 8.89. The fourth-order valence-electron chi connectivity index (χ4n) is 17.4. The molecule has 682 valence electrons. The molecule has 0 aliphatic carbocycles. The lowest BCUT2D eigenvalue weighted by Crippen LogP contribution is -2.47. The number of ether oxygens (including phenoxy) is 5. The molecule has 32 nitrogen and oxygen atoms in total. The molecule has 0 unspecified atom stereocenters. The molecule has 6 N–H and O–H groups in total. The highest BCUT2D eigenvalue weighted by Gasteiger charge is 2.54. The van der Waals surface area contributed by atoms with E-state index in [9.17, 15) is 71.1 Å². The van der Waals surface area contributed by atoms with Crippen LogP contribution < -0.4 is 45.9 Å². The Morgan fingerprint density at radius 2 is 0.896 bits per heavy atom. The molecule has 0 saturated carbocycles. The van der Waals surface area contributed by atoms with Gasteiger partial charge in [0.05, 0.1) is 83.5 Å². The standard InChI is InChI=1S/C31H33N3O6.C25H21N5O4.2C22H18FN3O4/c1-4-33-15-13-31(14-16-33,29(38)40-3)23-8-5-21(6-9-23)11-12-30(18-26(35)32-28(30)37)20-34-19-22-7-10-24(39-2)17-25(22)27(34)36;1-34-19-7-6-18-13-30(23(32)20(18)11-19)14-25(12-22(31)29-24(25)33)9-8-16-2-4-17(5-3-16)10-21(27)28-15-26;1-13-3-4-14(10-24-13)7-8-22(9-17(27)25-21(22)29)12-26-11-15-5-6-16(30-2)19(23)18(15)20(26)28;1-13-14(4-3-9-24-13)7-8-22(10-17(27)25-21(22)29)12-26-11-15-5-6-16(30-2)19(23)18(15)20(26)28/h5-10,17H,4,13-16,18-20H2,1-3H3,(H,32,35,37);2-7,11H,10,12-14H2,1H3,(H2,27,28)(H,29,31,33);3-6,10H,9,11-12H2,1-2H3,(H,25,27,29);3-6,9H,10-12H2,1-2H3,(H,25,27,29)/t30-;25-;2*22-/m1111/s1. The number of fused-ring (bicyclic) bond motifs is 4. The van der Waals surface area contributed by atoms with Crippen LogP contribution in [0.25, 0.3) is 0 Å². The van der Waals surface area contributed by atoms with Crippen molar-refractivity contribution in [2.75, 3.05) is 81.4 Å². The van der Waals surface area contributed by atoms with Gasteiger partial charge in [0.25, 0.3) is 23.6 Å². The van der Waals surface area contributed by atoms with E-state index < -0.39 is 97.8 Å². The van der Waals surface area contributed by atoms with Gasteiger partial charge in [0.15, 0.2) is 23.1 Å². The van der Waals surface area contributed by atoms with Crippen LogP contribution in [0.1, 0.15) is 154 Å². The van der Waals surface area contributed by atoms with Crippen molar-refractivity contribution in [3.63, 3.8) is 0 Å². The monoisotopic (exact) mass is 1810 g/mol. The maximum Gasteiger partial charge on any atom is 0.316 e. The summed E-state index contributed by atoms with van der Waals surface area (Å²) in [5, 5.41) is 17.8. The third kappa shape index (κ3) is 19.5. The van der Waals surface area contributed by atoms with E-state index >= 15 is 0 Å². The summed E-state index contributed by atoms with van der Waals surface area (Å²) in [5.74, 6) is 17.7. The molecule has 11 heterocycles. The van der Waals surface area contributed by atoms with E-state index in [-0.39, 0.29) is 111 Å². The number of nitrogens with two attached hydrogens (primary N) is 1. The van der Waals surface area contributed by atoms with Crippen molar-refractivity contribution in [2.45, 2.75) is 97.3 Å². The SMILES string of the molecule is CCN1CCC(C(=O)OC)(c2ccc(C#C[C@]3(CN4Cc5ccc(OC)cc5C4=O)CC(=O)NC3=O)cc2)CC1.COc1ccc2c(c1)C(=O)N(C[C@@]1(C#Cc3ccc(CC(N)=NC#N)cc3)CC(=O)NC1=O)C2.COc1ccc2c(c1F)C(=O)N(C[C@@]1(C#Cc3ccc(C)nc3)CC(=O)NC1=O)C2.COc1ccc2c(c1F)C(=O)N(C[C@@]1(C#Cc3cccnc3C)CC(=O)NC1=O)C2. The predicted molar refractivity (Wildman–Crippen MR) is 476 cm³/mol. The number of nitrogens with zero attached hydrogens (tertiary/aromatic N) is 9. The number of likely N-dealkylation sites (tertiary alicyclic amines) is 1. The summed E-state index contributed by atoms with van der Waals surface area (Å²) < 4.78 is 54.8. The molecule has 9 aliphatic heterocycles. The van der Waals surface area contributed by atoms with Crippen LogP contribution in [-0.2, 0) is 85.9 Å². The van der Waals surface area contributed by atoms with Gasteiger partial charge < -0.3 is 53.9 Å². The minimum Gasteiger partial charge on any atom is -0.497 e. The smallest absolute Gasteiger partial charge is 0.316 e. The second kappa shape index (κ2) is 39.2. The van der Waals surface area contributed by atoms with Crippen LogP contribution in [0.2, 0.25) is 0 Å². The third-order valence-corrected chi connectivity index (χ3v) is 24.8. The maximum atomic E-state index is 14.6. The van der Waals surface area contributed by atoms with Crippen molar-refractivity contribution >= 4 is 82.7 Å². The summed E-state index contributed by atoms with van der Waals surface area (Å²) in [7, 11) is 7.13. The van der Waals surface area contributed by atoms with Crippen molar-refractivity contribution in [3.05, 3.63) is 247 Å². The quantitative estimate of drug-likeness (QED) is 0.0161. The van der Waals surface area contributed by atoms with Crippen LogP contribution in [0, 0.1) is 106 Å². The lowest BCUT2D eigenvalue weighted by atomic mass is 9.72. The van der Waals surface area contributed by atoms with Gasteiger partial charge in [0.2, 0.25) is 53.5 Å². The molecule has 0 spiro atoms. The number of amides is 12. The molecule has 0 bridgehead atoms. The van der Waals surface area contributed by atoms with Crippen LogP contribution in [-0.4, -0.2) is 199 Å². The zero-order chi connectivity index (χ0) is 95.7. The maximum absolute atomic E-state index is 14.6. The van der Waals surface area contributed by atoms with Gasteiger partial charge in [-0.15, -0.1) is 0 Å². The van der Waals surface area contributed by atoms with Crippen molar-refractivity contribution in [1.82, 2.24) is 55.7 Å². The minimum atomic E-state index is -1.42. The van der Waals surface area contributed by atoms with Crippen LogP contribution >= 0.6 is 0 Å². The summed E-state index contributed by atoms with van der Waals surface area (Å²) in [6, 6.07) is 38.3. The molecule has 17 rings (SSSR count). The number of aromatic nitrogens is 2. The molecule has 0 radical (unpaired) electrons. The third-order valence-electron chi connectivity index (χ3n) is 24.8. The molecule has 2 aromatic heterocycles. The Balaban J connectivity index is 0.000000144. The number of nitrogens with one attached hydrogen (secondary N) is 4. The first-order chi connectivity index (χ1) is 64.2. The average Bonchev–Trinajstić information content (AvgIpc) is 1.47. The lowest BCUT2D eigenvalue weighted by molar-refractivity contribution is -0.150. The van der Waals surface area contributed by atoms with Crippen LogP contribution in [0.15, 0.2) is 151 Å². The second-order valence-corrected chi connectivity index (χ2v) is 33.5. The van der Waals surface area contributed by atoms with Crippen LogP contribution in [0.4, 0.5) is 8.78 Å². The van der Waals surface area contributed by atoms with Crippen LogP contribution in [0.5, 0.6) is 23.0 Å². The highest BCUT2D eigenvalue weighted by atomic mass is 19.1. The number of nitriles is 1. The molecule has 9 aliphatic rings. The van der Waals surface area contributed by atoms with Gasteiger partial charge >= 0.3 is 5.97 Å². The number of rotatable bonds is 17. The Labute approximate surface area is 769 Å². The molecule has 5 saturated heterocycles. The van der Waals surface area contributed by atoms with E-state index in [0.717, 1.165) is 47.6 Å². The predicted octanol–water partition coefficient (Wildman–Crippen LogP) is 6.53. The first kappa shape index (κ1) is 93.9. The zero-order valence-electron chi connectivity index (χ0n) is 74.3. The highest BCUT2D eigenvalue weighted by Crippen LogP contribution is 2.42. The summed E-state index contributed by atoms with van der Waals surface area (Å²) in [4.78, 5) is 184. The zero-order valence-corrected chi connectivity index (χ0v) is 74.3. The number of benzene rings is 6. The Morgan fingerprint density at radius 1 is 0.493 bits per heavy atom. The summed E-state index contributed by atoms with van der Waals surface area (Å²) >= 11 is 0. The number of esters is 1. The van der Waals surface area contributed by atoms with Crippen molar-refractivity contribution < 1.29 is 94.8 Å². The molecule has 6 aromatic carbocycles. The second-order valence-electron chi connectivity index (χ2n) is 33.5. The molecular weight excluding hydrogens is 1720 g/mol. The Hall–Kier alpha value is -16.3. The number of pyridine rings is 2. The van der Waals surface area contributed by atoms with Gasteiger partial charge in [-0.05, 0) is 165 Å². The number of aryl methyl sites for hydroxylation is 2. The lowest BCUT2D eigenvalue weighted by Gasteiger charge is -2.39. The van der Waals surface area contributed by atoms with Crippen LogP contribution in [0.3, 0.4) is 0 Å². The number of halogens is 2. The molecule has 5 fully saturated rings. The van der Waals surface area contributed by atoms with Gasteiger partial charge in [-0.3, -0.25) is 93.6 Å². The van der Waals surface area contributed by atoms with E-state index in [0.29, 0.717) is 94.1 Å². The van der Waals surface area contributed by atoms with Gasteiger partial charge in [-0.1, -0.05) is 103 Å². The van der Waals surface area contributed by atoms with Crippen molar-refractivity contribution in [3.8, 4) is 76.6 Å². The highest BCUT2D eigenvalue weighted by molar-refractivity contribution is 6.12. The largest absolute Gasteiger partial charge is 0.497 e. The molecular formula is C100H90F2N14O18. The molecule has 134 heavy (non-hydrogen) atoms. The van der Waals surface area contributed by atoms with Gasteiger partial charge in [0.1, 0.15) is 39.0 Å². The van der Waals surface area contributed by atoms with E-state index in [2.05, 4.69) is 95.4 Å². The van der Waals surface area contributed by atoms with Gasteiger partial charge in [-0.25, -0.2) is 8.78 Å². The number of amidine groups is 1. The summed E-state index contributed by atoms with van der Waals surface area (Å²) in [5.41, 5.74) is 8.64. The molecule has 4 atom stereocenters. The number of hydrogen-bond acceptors (Lipinski definition) is 23. The van der Waals surface area contributed by atoms with Gasteiger partial charge in [-0.2, -0.15) is 10.3 Å². The first-order valence-electron chi connectivity index (χ1n) is 42.5. The Bertz CT molecular complexity index is 6580. The normalized spacial score (nSPS) is 20.4. The number of carbonyl (C=O) groups excluding carboxylic acids is 13. The van der Waals surface area contributed by atoms with Crippen molar-refractivity contribution in [2.24, 2.45) is 32.4 Å². The average molecular weight is 1810 g/mol. The molecule has 8 aromatic rings. The number of hydrogen-bond donors (Lipinski definition) is 5. The minimum absolute atomic E-state index is 0.00730. The Kier molecular flexibility index (Phi) is 27.5. The van der Waals surface area contributed by atoms with Gasteiger partial charge in [0, 0.05) is 110 Å². The fourth-order valence-corrected chi connectivity index (χ4v) is 17.4. The van der Waals surface area contributed by atoms with E-state index in [1.807, 2.05) is 43.3 Å². The molecule has 34 heteroatoms. The number of carbonyl (C=O) groups is 13. The Morgan fingerprint density at radius 3 is 1.28 bits per heavy atom. The fraction of sp³-hybridized carbons (Fsp3) is 0.310. The number of piperidine rings is 1.